The molecule has 27 heavy (non-hydrogen) atoms. The highest BCUT2D eigenvalue weighted by Crippen LogP contribution is 2.27. The van der Waals surface area contributed by atoms with Crippen molar-refractivity contribution in [3.8, 4) is 11.4 Å². The van der Waals surface area contributed by atoms with Gasteiger partial charge in [0.2, 0.25) is 0 Å². The zero-order chi connectivity index (χ0) is 19.0. The van der Waals surface area contributed by atoms with E-state index in [1.807, 2.05) is 43.3 Å². The molecule has 138 valence electrons. The van der Waals surface area contributed by atoms with Gasteiger partial charge in [0.15, 0.2) is 0 Å². The van der Waals surface area contributed by atoms with Crippen molar-refractivity contribution in [2.24, 2.45) is 0 Å². The van der Waals surface area contributed by atoms with Crippen molar-refractivity contribution in [2.45, 2.75) is 26.3 Å². The van der Waals surface area contributed by atoms with Crippen LogP contribution < -0.4 is 15.6 Å². The Kier molecular flexibility index (Phi) is 4.27. The number of methoxy groups -OCH3 is 1. The topological polar surface area (TPSA) is 78.2 Å². The number of carbonyl (C=O) groups is 1. The molecule has 0 radical (unpaired) electrons. The zero-order valence-corrected chi connectivity index (χ0v) is 15.2. The minimum absolute atomic E-state index is 0.138. The number of hydrogen-bond acceptors (Lipinski definition) is 4. The zero-order valence-electron chi connectivity index (χ0n) is 15.2. The van der Waals surface area contributed by atoms with Crippen LogP contribution >= 0.6 is 0 Å². The molecule has 0 spiro atoms. The van der Waals surface area contributed by atoms with Gasteiger partial charge in [-0.25, -0.2) is 4.68 Å². The highest BCUT2D eigenvalue weighted by molar-refractivity contribution is 6.06. The third-order valence-electron chi connectivity index (χ3n) is 4.70. The molecular formula is C20H20N4O3. The summed E-state index contributed by atoms with van der Waals surface area (Å²) >= 11 is 0. The second-order valence-electron chi connectivity index (χ2n) is 6.50. The number of anilines is 1. The molecule has 3 aromatic rings. The van der Waals surface area contributed by atoms with Gasteiger partial charge in [-0.05, 0) is 31.9 Å². The summed E-state index contributed by atoms with van der Waals surface area (Å²) in [7, 11) is 1.47. The van der Waals surface area contributed by atoms with E-state index in [4.69, 9.17) is 4.74 Å². The van der Waals surface area contributed by atoms with Crippen LogP contribution in [-0.4, -0.2) is 27.4 Å². The number of nitrogens with zero attached hydrogens (tertiary/aromatic N) is 3. The van der Waals surface area contributed by atoms with Crippen molar-refractivity contribution in [3.05, 3.63) is 69.8 Å². The van der Waals surface area contributed by atoms with E-state index in [1.54, 1.807) is 9.25 Å². The van der Waals surface area contributed by atoms with E-state index >= 15 is 0 Å². The van der Waals surface area contributed by atoms with E-state index in [-0.39, 0.29) is 11.5 Å². The van der Waals surface area contributed by atoms with Gasteiger partial charge in [-0.3, -0.25) is 9.59 Å². The maximum absolute atomic E-state index is 13.1. The molecule has 4 rings (SSSR count). The van der Waals surface area contributed by atoms with Gasteiger partial charge in [-0.1, -0.05) is 18.2 Å². The summed E-state index contributed by atoms with van der Waals surface area (Å²) in [5.74, 6) is 0.552. The van der Waals surface area contributed by atoms with Crippen molar-refractivity contribution >= 4 is 11.7 Å². The summed E-state index contributed by atoms with van der Waals surface area (Å²) in [4.78, 5) is 25.3. The first-order valence-corrected chi connectivity index (χ1v) is 8.82. The smallest absolute Gasteiger partial charge is 0.262 e. The first-order chi connectivity index (χ1) is 13.1. The van der Waals surface area contributed by atoms with Gasteiger partial charge in [0.1, 0.15) is 17.1 Å². The van der Waals surface area contributed by atoms with E-state index in [1.165, 1.54) is 13.2 Å². The summed E-state index contributed by atoms with van der Waals surface area (Å²) in [6, 6.07) is 12.8. The maximum atomic E-state index is 13.1. The number of aryl methyl sites for hydroxylation is 1. The van der Waals surface area contributed by atoms with E-state index < -0.39 is 0 Å². The van der Waals surface area contributed by atoms with Gasteiger partial charge in [-0.15, -0.1) is 0 Å². The quantitative estimate of drug-likeness (QED) is 0.772. The van der Waals surface area contributed by atoms with E-state index in [2.05, 4.69) is 10.4 Å². The van der Waals surface area contributed by atoms with Crippen LogP contribution in [0, 0.1) is 6.92 Å². The molecule has 0 saturated carbocycles. The number of pyridine rings is 1. The number of carbonyl (C=O) groups excluding carboxylic acids is 1. The van der Waals surface area contributed by atoms with Gasteiger partial charge in [0.05, 0.1) is 18.5 Å². The molecule has 1 aliphatic heterocycles. The summed E-state index contributed by atoms with van der Waals surface area (Å²) < 4.78 is 8.67. The van der Waals surface area contributed by atoms with Gasteiger partial charge >= 0.3 is 0 Å². The summed E-state index contributed by atoms with van der Waals surface area (Å²) in [5, 5.41) is 7.41. The van der Waals surface area contributed by atoms with Crippen LogP contribution in [0.2, 0.25) is 0 Å². The fraction of sp³-hybridized carbons (Fsp3) is 0.250. The summed E-state index contributed by atoms with van der Waals surface area (Å²) in [6.45, 7) is 2.49. The van der Waals surface area contributed by atoms with Crippen LogP contribution in [0.3, 0.4) is 0 Å². The lowest BCUT2D eigenvalue weighted by Gasteiger charge is -2.15. The van der Waals surface area contributed by atoms with Crippen LogP contribution in [0.1, 0.15) is 28.2 Å². The van der Waals surface area contributed by atoms with E-state index in [0.717, 1.165) is 23.5 Å². The Labute approximate surface area is 156 Å². The van der Waals surface area contributed by atoms with Crippen LogP contribution in [0.15, 0.2) is 47.3 Å². The highest BCUT2D eigenvalue weighted by Gasteiger charge is 2.26. The second-order valence-corrected chi connectivity index (χ2v) is 6.50. The molecule has 3 heterocycles. The first kappa shape index (κ1) is 17.1. The molecule has 7 heteroatoms. The Morgan fingerprint density at radius 1 is 1.22 bits per heavy atom. The van der Waals surface area contributed by atoms with Gasteiger partial charge in [0, 0.05) is 24.4 Å². The molecule has 1 aromatic carbocycles. The Bertz CT molecular complexity index is 1070. The normalized spacial score (nSPS) is 12.7. The molecule has 2 aromatic heterocycles. The van der Waals surface area contributed by atoms with Crippen molar-refractivity contribution in [1.82, 2.24) is 14.3 Å². The van der Waals surface area contributed by atoms with Crippen LogP contribution in [0.4, 0.5) is 5.82 Å². The number of aromatic nitrogens is 3. The summed E-state index contributed by atoms with van der Waals surface area (Å²) in [6.07, 6.45) is 1.51. The third kappa shape index (κ3) is 3.01. The number of hydrogen-bond donors (Lipinski definition) is 1. The predicted molar refractivity (Wildman–Crippen MR) is 102 cm³/mol. The molecular weight excluding hydrogens is 344 g/mol. The van der Waals surface area contributed by atoms with Crippen molar-refractivity contribution < 1.29 is 9.53 Å². The Morgan fingerprint density at radius 3 is 2.74 bits per heavy atom. The van der Waals surface area contributed by atoms with Crippen LogP contribution in [0.5, 0.6) is 5.75 Å². The minimum Gasteiger partial charge on any atom is -0.496 e. The monoisotopic (exact) mass is 364 g/mol. The van der Waals surface area contributed by atoms with Crippen LogP contribution in [0.25, 0.3) is 5.69 Å². The number of ether oxygens (including phenoxy) is 1. The number of benzene rings is 1. The molecule has 0 fully saturated rings. The number of para-hydroxylation sites is 1. The standard InChI is InChI=1S/C20H20N4O3/c1-13-11-17(24(22-13)14-7-4-3-5-8-14)21-20(26)19-15-9-6-10-23(15)18(25)12-16(19)27-2/h3-5,7-8,11-12H,6,9-10H2,1-2H3,(H,21,26). The largest absolute Gasteiger partial charge is 0.496 e. The Morgan fingerprint density at radius 2 is 2.00 bits per heavy atom. The van der Waals surface area contributed by atoms with Crippen LogP contribution in [-0.2, 0) is 13.0 Å². The molecule has 0 atom stereocenters. The fourth-order valence-corrected chi connectivity index (χ4v) is 3.52. The number of amides is 1. The molecule has 0 aliphatic carbocycles. The lowest BCUT2D eigenvalue weighted by molar-refractivity contribution is 0.102. The average molecular weight is 364 g/mol. The number of rotatable bonds is 4. The SMILES string of the molecule is COc1cc(=O)n2c(c1C(=O)Nc1cc(C)nn1-c1ccccc1)CCC2. The highest BCUT2D eigenvalue weighted by atomic mass is 16.5. The summed E-state index contributed by atoms with van der Waals surface area (Å²) in [5.41, 5.74) is 2.63. The molecule has 1 amide bonds. The van der Waals surface area contributed by atoms with Gasteiger partial charge in [0.25, 0.3) is 11.5 Å². The third-order valence-corrected chi connectivity index (χ3v) is 4.70. The lowest BCUT2D eigenvalue weighted by atomic mass is 10.1. The van der Waals surface area contributed by atoms with Crippen molar-refractivity contribution in [3.63, 3.8) is 0 Å². The second kappa shape index (κ2) is 6.75. The molecule has 0 saturated heterocycles. The first-order valence-electron chi connectivity index (χ1n) is 8.82. The number of nitrogens with one attached hydrogen (secondary N) is 1. The number of fused-ring (bicyclic) bond motifs is 1. The fourth-order valence-electron chi connectivity index (χ4n) is 3.52. The van der Waals surface area contributed by atoms with Gasteiger partial charge < -0.3 is 14.6 Å². The van der Waals surface area contributed by atoms with Crippen molar-refractivity contribution in [1.29, 1.82) is 0 Å². The molecule has 1 N–H and O–H groups in total. The lowest BCUT2D eigenvalue weighted by Crippen LogP contribution is -2.25. The Hall–Kier alpha value is -3.35. The molecule has 7 nitrogen and oxygen atoms in total. The van der Waals surface area contributed by atoms with Crippen molar-refractivity contribution in [2.75, 3.05) is 12.4 Å². The molecule has 0 bridgehead atoms. The van der Waals surface area contributed by atoms with E-state index in [9.17, 15) is 9.59 Å². The van der Waals surface area contributed by atoms with E-state index in [0.29, 0.717) is 30.1 Å². The van der Waals surface area contributed by atoms with Gasteiger partial charge in [-0.2, -0.15) is 5.10 Å². The predicted octanol–water partition coefficient (Wildman–Crippen LogP) is 2.55. The Balaban J connectivity index is 1.75. The molecule has 0 unspecified atom stereocenters. The maximum Gasteiger partial charge on any atom is 0.262 e. The molecule has 1 aliphatic rings. The minimum atomic E-state index is -0.311. The average Bonchev–Trinajstić information content (AvgIpc) is 3.29.